The molecule has 2 heteroatoms. The third-order valence-electron chi connectivity index (χ3n) is 3.71. The van der Waals surface area contributed by atoms with Crippen LogP contribution >= 0.6 is 0 Å². The van der Waals surface area contributed by atoms with Crippen molar-refractivity contribution in [1.82, 2.24) is 0 Å². The molecule has 0 aromatic heterocycles. The van der Waals surface area contributed by atoms with Crippen LogP contribution in [0.15, 0.2) is 24.3 Å². The normalized spacial score (nSPS) is 26.6. The minimum Gasteiger partial charge on any atom is -0.328 e. The smallest absolute Gasteiger partial charge is 0.0324 e. The first-order chi connectivity index (χ1) is 7.58. The van der Waals surface area contributed by atoms with Crippen LogP contribution in [0.2, 0.25) is 0 Å². The molecule has 1 saturated carbocycles. The van der Waals surface area contributed by atoms with E-state index in [1.165, 1.54) is 11.1 Å². The standard InChI is InChI=1S/C14H22N2/c1-9(2)10-3-5-11(6-4-10)14(16)12-7-13(15)8-12/h3-6,9,12-14H,7-8,15-16H2,1-2H3. The van der Waals surface area contributed by atoms with E-state index in [2.05, 4.69) is 38.1 Å². The molecule has 1 aromatic carbocycles. The van der Waals surface area contributed by atoms with Crippen LogP contribution in [0, 0.1) is 5.92 Å². The number of hydrogen-bond donors (Lipinski definition) is 2. The highest BCUT2D eigenvalue weighted by Crippen LogP contribution is 2.35. The zero-order chi connectivity index (χ0) is 11.7. The summed E-state index contributed by atoms with van der Waals surface area (Å²) in [7, 11) is 0. The SMILES string of the molecule is CC(C)c1ccc(C(N)C2CC(N)C2)cc1. The molecule has 0 aliphatic heterocycles. The summed E-state index contributed by atoms with van der Waals surface area (Å²) in [6, 6.07) is 9.27. The van der Waals surface area contributed by atoms with Gasteiger partial charge in [-0.1, -0.05) is 38.1 Å². The molecule has 0 saturated heterocycles. The lowest BCUT2D eigenvalue weighted by Crippen LogP contribution is -2.41. The molecule has 1 atom stereocenters. The highest BCUT2D eigenvalue weighted by molar-refractivity contribution is 5.27. The molecule has 1 aromatic rings. The molecule has 16 heavy (non-hydrogen) atoms. The molecule has 0 spiro atoms. The molecule has 1 fully saturated rings. The predicted molar refractivity (Wildman–Crippen MR) is 68.2 cm³/mol. The summed E-state index contributed by atoms with van der Waals surface area (Å²) in [6.07, 6.45) is 2.15. The molecule has 0 radical (unpaired) electrons. The number of nitrogens with two attached hydrogens (primary N) is 2. The average molecular weight is 218 g/mol. The van der Waals surface area contributed by atoms with Gasteiger partial charge in [-0.25, -0.2) is 0 Å². The summed E-state index contributed by atoms with van der Waals surface area (Å²) in [5.41, 5.74) is 14.7. The zero-order valence-corrected chi connectivity index (χ0v) is 10.2. The quantitative estimate of drug-likeness (QED) is 0.819. The summed E-state index contributed by atoms with van der Waals surface area (Å²) in [5, 5.41) is 0. The molecule has 1 aliphatic rings. The highest BCUT2D eigenvalue weighted by atomic mass is 14.7. The molecule has 2 nitrogen and oxygen atoms in total. The molecule has 1 aliphatic carbocycles. The molecule has 1 unspecified atom stereocenters. The van der Waals surface area contributed by atoms with Gasteiger partial charge in [-0.05, 0) is 35.8 Å². The van der Waals surface area contributed by atoms with Crippen molar-refractivity contribution in [3.05, 3.63) is 35.4 Å². The Morgan fingerprint density at radius 2 is 1.56 bits per heavy atom. The molecule has 0 heterocycles. The molecule has 0 amide bonds. The van der Waals surface area contributed by atoms with Crippen LogP contribution < -0.4 is 11.5 Å². The Hall–Kier alpha value is -0.860. The lowest BCUT2D eigenvalue weighted by molar-refractivity contribution is 0.224. The van der Waals surface area contributed by atoms with Crippen molar-refractivity contribution in [2.24, 2.45) is 17.4 Å². The van der Waals surface area contributed by atoms with Crippen LogP contribution in [0.1, 0.15) is 49.8 Å². The van der Waals surface area contributed by atoms with Crippen LogP contribution in [0.25, 0.3) is 0 Å². The summed E-state index contributed by atoms with van der Waals surface area (Å²) in [6.45, 7) is 4.42. The Morgan fingerprint density at radius 1 is 1.06 bits per heavy atom. The highest BCUT2D eigenvalue weighted by Gasteiger charge is 2.31. The van der Waals surface area contributed by atoms with Gasteiger partial charge in [0.05, 0.1) is 0 Å². The minimum atomic E-state index is 0.168. The summed E-state index contributed by atoms with van der Waals surface area (Å²) in [4.78, 5) is 0. The van der Waals surface area contributed by atoms with Crippen molar-refractivity contribution in [3.8, 4) is 0 Å². The van der Waals surface area contributed by atoms with Crippen LogP contribution in [0.4, 0.5) is 0 Å². The molecule has 4 N–H and O–H groups in total. The first-order valence-corrected chi connectivity index (χ1v) is 6.19. The van der Waals surface area contributed by atoms with Crippen molar-refractivity contribution in [1.29, 1.82) is 0 Å². The molecular formula is C14H22N2. The Bertz CT molecular complexity index is 336. The summed E-state index contributed by atoms with van der Waals surface area (Å²) >= 11 is 0. The molecule has 0 bridgehead atoms. The fourth-order valence-electron chi connectivity index (χ4n) is 2.38. The second kappa shape index (κ2) is 4.56. The largest absolute Gasteiger partial charge is 0.328 e. The van der Waals surface area contributed by atoms with Gasteiger partial charge in [0.15, 0.2) is 0 Å². The van der Waals surface area contributed by atoms with Gasteiger partial charge in [0.2, 0.25) is 0 Å². The molecular weight excluding hydrogens is 196 g/mol. The topological polar surface area (TPSA) is 52.0 Å². The van der Waals surface area contributed by atoms with E-state index in [4.69, 9.17) is 11.5 Å². The van der Waals surface area contributed by atoms with Gasteiger partial charge in [-0.3, -0.25) is 0 Å². The first kappa shape index (κ1) is 11.6. The van der Waals surface area contributed by atoms with E-state index in [0.29, 0.717) is 17.9 Å². The molecule has 88 valence electrons. The Balaban J connectivity index is 2.04. The lowest BCUT2D eigenvalue weighted by Gasteiger charge is -2.37. The Labute approximate surface area is 98.0 Å². The van der Waals surface area contributed by atoms with Crippen molar-refractivity contribution in [2.45, 2.75) is 44.7 Å². The Morgan fingerprint density at radius 3 is 2.00 bits per heavy atom. The van der Waals surface area contributed by atoms with Gasteiger partial charge < -0.3 is 11.5 Å². The maximum absolute atomic E-state index is 6.23. The van der Waals surface area contributed by atoms with Crippen molar-refractivity contribution >= 4 is 0 Å². The minimum absolute atomic E-state index is 0.168. The van der Waals surface area contributed by atoms with Gasteiger partial charge >= 0.3 is 0 Å². The fraction of sp³-hybridized carbons (Fsp3) is 0.571. The second-order valence-electron chi connectivity index (χ2n) is 5.34. The molecule has 2 rings (SSSR count). The van der Waals surface area contributed by atoms with Crippen LogP contribution in [0.5, 0.6) is 0 Å². The number of benzene rings is 1. The first-order valence-electron chi connectivity index (χ1n) is 6.19. The van der Waals surface area contributed by atoms with E-state index in [-0.39, 0.29) is 6.04 Å². The van der Waals surface area contributed by atoms with Gasteiger partial charge in [0.1, 0.15) is 0 Å². The fourth-order valence-corrected chi connectivity index (χ4v) is 2.38. The number of hydrogen-bond acceptors (Lipinski definition) is 2. The summed E-state index contributed by atoms with van der Waals surface area (Å²) in [5.74, 6) is 1.17. The predicted octanol–water partition coefficient (Wildman–Crippen LogP) is 2.55. The second-order valence-corrected chi connectivity index (χ2v) is 5.34. The van der Waals surface area contributed by atoms with E-state index in [0.717, 1.165) is 12.8 Å². The average Bonchev–Trinajstić information content (AvgIpc) is 2.24. The third kappa shape index (κ3) is 2.28. The van der Waals surface area contributed by atoms with Gasteiger partial charge in [-0.15, -0.1) is 0 Å². The van der Waals surface area contributed by atoms with E-state index >= 15 is 0 Å². The van der Waals surface area contributed by atoms with E-state index < -0.39 is 0 Å². The maximum Gasteiger partial charge on any atom is 0.0324 e. The van der Waals surface area contributed by atoms with E-state index in [1.54, 1.807) is 0 Å². The van der Waals surface area contributed by atoms with Crippen molar-refractivity contribution < 1.29 is 0 Å². The van der Waals surface area contributed by atoms with Crippen LogP contribution in [0.3, 0.4) is 0 Å². The zero-order valence-electron chi connectivity index (χ0n) is 10.2. The third-order valence-corrected chi connectivity index (χ3v) is 3.71. The van der Waals surface area contributed by atoms with Gasteiger partial charge in [-0.2, -0.15) is 0 Å². The van der Waals surface area contributed by atoms with Gasteiger partial charge in [0.25, 0.3) is 0 Å². The van der Waals surface area contributed by atoms with E-state index in [9.17, 15) is 0 Å². The van der Waals surface area contributed by atoms with Crippen molar-refractivity contribution in [3.63, 3.8) is 0 Å². The van der Waals surface area contributed by atoms with Gasteiger partial charge in [0, 0.05) is 12.1 Å². The monoisotopic (exact) mass is 218 g/mol. The van der Waals surface area contributed by atoms with E-state index in [1.807, 2.05) is 0 Å². The number of rotatable bonds is 3. The lowest BCUT2D eigenvalue weighted by atomic mass is 9.74. The Kier molecular flexibility index (Phi) is 3.31. The van der Waals surface area contributed by atoms with Crippen LogP contribution in [-0.2, 0) is 0 Å². The maximum atomic E-state index is 6.23. The summed E-state index contributed by atoms with van der Waals surface area (Å²) < 4.78 is 0. The van der Waals surface area contributed by atoms with Crippen LogP contribution in [-0.4, -0.2) is 6.04 Å². The van der Waals surface area contributed by atoms with Crippen molar-refractivity contribution in [2.75, 3.05) is 0 Å².